The molecule has 1 aromatic heterocycles. The van der Waals surface area contributed by atoms with Crippen molar-refractivity contribution in [2.45, 2.75) is 32.5 Å². The van der Waals surface area contributed by atoms with Gasteiger partial charge in [0.25, 0.3) is 0 Å². The maximum absolute atomic E-state index is 13.0. The Bertz CT molecular complexity index is 1090. The van der Waals surface area contributed by atoms with Gasteiger partial charge in [-0.15, -0.1) is 0 Å². The van der Waals surface area contributed by atoms with Gasteiger partial charge >= 0.3 is 11.8 Å². The zero-order chi connectivity index (χ0) is 19.9. The molecule has 146 valence electrons. The average molecular weight is 389 g/mol. The normalized spacial score (nSPS) is 14.1. The number of rotatable bonds is 3. The number of hydrogen-bond acceptors (Lipinski definition) is 4. The quantitative estimate of drug-likeness (QED) is 0.583. The maximum Gasteiger partial charge on any atom is 0.416 e. The van der Waals surface area contributed by atoms with Gasteiger partial charge in [-0.1, -0.05) is 19.4 Å². The van der Waals surface area contributed by atoms with Crippen LogP contribution < -0.4 is 15.3 Å². The lowest BCUT2D eigenvalue weighted by Gasteiger charge is -2.31. The Kier molecular flexibility index (Phi) is 4.53. The molecule has 7 heteroatoms. The van der Waals surface area contributed by atoms with Crippen LogP contribution in [-0.4, -0.2) is 6.73 Å². The van der Waals surface area contributed by atoms with E-state index in [0.717, 1.165) is 35.9 Å². The van der Waals surface area contributed by atoms with Crippen LogP contribution >= 0.6 is 0 Å². The first-order valence-electron chi connectivity index (χ1n) is 9.00. The molecule has 1 aliphatic rings. The first-order valence-corrected chi connectivity index (χ1v) is 9.00. The van der Waals surface area contributed by atoms with Crippen LogP contribution in [0.15, 0.2) is 51.7 Å². The second kappa shape index (κ2) is 6.89. The Labute approximate surface area is 159 Å². The predicted molar refractivity (Wildman–Crippen MR) is 99.6 cm³/mol. The molecule has 0 N–H and O–H groups in total. The second-order valence-corrected chi connectivity index (χ2v) is 6.78. The molecule has 0 saturated heterocycles. The third-order valence-corrected chi connectivity index (χ3v) is 4.84. The van der Waals surface area contributed by atoms with Crippen LogP contribution in [0.4, 0.5) is 18.9 Å². The van der Waals surface area contributed by atoms with E-state index in [1.165, 1.54) is 12.1 Å². The number of alkyl halides is 3. The smallest absolute Gasteiger partial charge is 0.416 e. The summed E-state index contributed by atoms with van der Waals surface area (Å²) in [6.07, 6.45) is -2.80. The van der Waals surface area contributed by atoms with Crippen LogP contribution in [0, 0.1) is 0 Å². The predicted octanol–water partition coefficient (Wildman–Crippen LogP) is 5.12. The van der Waals surface area contributed by atoms with Gasteiger partial charge < -0.3 is 14.1 Å². The fraction of sp³-hybridized carbons (Fsp3) is 0.286. The molecular weight excluding hydrogens is 371 g/mol. The lowest BCUT2D eigenvalue weighted by Crippen LogP contribution is -2.32. The molecule has 0 radical (unpaired) electrons. The molecule has 0 spiro atoms. The molecule has 0 amide bonds. The first-order chi connectivity index (χ1) is 13.4. The fourth-order valence-electron chi connectivity index (χ4n) is 3.52. The van der Waals surface area contributed by atoms with Crippen molar-refractivity contribution in [1.82, 2.24) is 0 Å². The van der Waals surface area contributed by atoms with E-state index in [9.17, 15) is 18.0 Å². The number of aryl methyl sites for hydroxylation is 1. The Morgan fingerprint density at radius 3 is 2.71 bits per heavy atom. The Hall–Kier alpha value is -2.96. The van der Waals surface area contributed by atoms with Gasteiger partial charge in [0.1, 0.15) is 11.3 Å². The molecular formula is C21H18F3NO3. The van der Waals surface area contributed by atoms with E-state index in [-0.39, 0.29) is 13.3 Å². The van der Waals surface area contributed by atoms with Gasteiger partial charge in [-0.2, -0.15) is 13.2 Å². The summed E-state index contributed by atoms with van der Waals surface area (Å²) in [6.45, 7) is 2.42. The number of benzene rings is 2. The SMILES string of the molecule is CCCc1cc(=O)oc2c3c(ccc12)OCN(c1cccc(C(F)(F)F)c1)C3. The van der Waals surface area contributed by atoms with E-state index < -0.39 is 17.4 Å². The van der Waals surface area contributed by atoms with Crippen molar-refractivity contribution in [3.05, 3.63) is 69.6 Å². The zero-order valence-electron chi connectivity index (χ0n) is 15.2. The Morgan fingerprint density at radius 2 is 1.96 bits per heavy atom. The monoisotopic (exact) mass is 389 g/mol. The minimum atomic E-state index is -4.42. The third kappa shape index (κ3) is 3.32. The van der Waals surface area contributed by atoms with Gasteiger partial charge in [0.15, 0.2) is 6.73 Å². The van der Waals surface area contributed by atoms with Crippen molar-refractivity contribution in [3.8, 4) is 5.75 Å². The molecule has 3 aromatic rings. The summed E-state index contributed by atoms with van der Waals surface area (Å²) in [6, 6.07) is 10.3. The van der Waals surface area contributed by atoms with Crippen LogP contribution in [-0.2, 0) is 19.1 Å². The maximum atomic E-state index is 13.0. The number of fused-ring (bicyclic) bond motifs is 3. The van der Waals surface area contributed by atoms with Crippen LogP contribution in [0.1, 0.15) is 30.0 Å². The molecule has 0 fully saturated rings. The van der Waals surface area contributed by atoms with E-state index in [4.69, 9.17) is 9.15 Å². The molecule has 0 aliphatic carbocycles. The minimum Gasteiger partial charge on any atom is -0.473 e. The summed E-state index contributed by atoms with van der Waals surface area (Å²) >= 11 is 0. The van der Waals surface area contributed by atoms with Crippen LogP contribution in [0.2, 0.25) is 0 Å². The van der Waals surface area contributed by atoms with Gasteiger partial charge in [-0.3, -0.25) is 0 Å². The van der Waals surface area contributed by atoms with Gasteiger partial charge in [-0.05, 0) is 42.3 Å². The number of halogens is 3. The lowest BCUT2D eigenvalue weighted by atomic mass is 10.0. The lowest BCUT2D eigenvalue weighted by molar-refractivity contribution is -0.137. The highest BCUT2D eigenvalue weighted by molar-refractivity contribution is 5.85. The van der Waals surface area contributed by atoms with Gasteiger partial charge in [-0.25, -0.2) is 4.79 Å². The van der Waals surface area contributed by atoms with E-state index in [2.05, 4.69) is 0 Å². The summed E-state index contributed by atoms with van der Waals surface area (Å²) in [5.41, 5.74) is 1.23. The van der Waals surface area contributed by atoms with E-state index in [1.54, 1.807) is 11.0 Å². The third-order valence-electron chi connectivity index (χ3n) is 4.84. The molecule has 2 aromatic carbocycles. The molecule has 1 aliphatic heterocycles. The molecule has 4 rings (SSSR count). The molecule has 0 saturated carbocycles. The summed E-state index contributed by atoms with van der Waals surface area (Å²) in [5.74, 6) is 0.576. The minimum absolute atomic E-state index is 0.110. The van der Waals surface area contributed by atoms with Crippen molar-refractivity contribution >= 4 is 16.7 Å². The number of nitrogens with zero attached hydrogens (tertiary/aromatic N) is 1. The Morgan fingerprint density at radius 1 is 1.14 bits per heavy atom. The highest BCUT2D eigenvalue weighted by atomic mass is 19.4. The van der Waals surface area contributed by atoms with Gasteiger partial charge in [0.2, 0.25) is 0 Å². The molecule has 0 bridgehead atoms. The van der Waals surface area contributed by atoms with Crippen molar-refractivity contribution in [2.24, 2.45) is 0 Å². The Balaban J connectivity index is 1.78. The molecule has 28 heavy (non-hydrogen) atoms. The summed E-state index contributed by atoms with van der Waals surface area (Å²) in [5, 5.41) is 0.828. The fourth-order valence-corrected chi connectivity index (χ4v) is 3.52. The average Bonchev–Trinajstić information content (AvgIpc) is 2.67. The molecule has 2 heterocycles. The number of ether oxygens (including phenoxy) is 1. The largest absolute Gasteiger partial charge is 0.473 e. The van der Waals surface area contributed by atoms with E-state index >= 15 is 0 Å². The highest BCUT2D eigenvalue weighted by Crippen LogP contribution is 2.36. The van der Waals surface area contributed by atoms with Crippen molar-refractivity contribution in [1.29, 1.82) is 0 Å². The van der Waals surface area contributed by atoms with E-state index in [0.29, 0.717) is 22.6 Å². The summed E-state index contributed by atoms with van der Waals surface area (Å²) in [7, 11) is 0. The van der Waals surface area contributed by atoms with Crippen molar-refractivity contribution in [3.63, 3.8) is 0 Å². The highest BCUT2D eigenvalue weighted by Gasteiger charge is 2.31. The summed E-state index contributed by atoms with van der Waals surface area (Å²) < 4.78 is 50.3. The van der Waals surface area contributed by atoms with E-state index in [1.807, 2.05) is 19.1 Å². The molecule has 4 nitrogen and oxygen atoms in total. The number of anilines is 1. The van der Waals surface area contributed by atoms with Crippen LogP contribution in [0.3, 0.4) is 0 Å². The zero-order valence-corrected chi connectivity index (χ0v) is 15.2. The standard InChI is InChI=1S/C21H18F3NO3/c1-2-4-13-9-19(26)28-20-16(13)7-8-18-17(20)11-25(12-27-18)15-6-3-5-14(10-15)21(22,23)24/h3,5-10H,2,4,11-12H2,1H3. The summed E-state index contributed by atoms with van der Waals surface area (Å²) in [4.78, 5) is 13.7. The van der Waals surface area contributed by atoms with Crippen molar-refractivity contribution in [2.75, 3.05) is 11.6 Å². The van der Waals surface area contributed by atoms with Crippen LogP contribution in [0.25, 0.3) is 11.0 Å². The van der Waals surface area contributed by atoms with Crippen molar-refractivity contribution < 1.29 is 22.3 Å². The van der Waals surface area contributed by atoms with Crippen LogP contribution in [0.5, 0.6) is 5.75 Å². The van der Waals surface area contributed by atoms with Gasteiger partial charge in [0, 0.05) is 17.1 Å². The molecule has 0 atom stereocenters. The first kappa shape index (κ1) is 18.4. The van der Waals surface area contributed by atoms with Gasteiger partial charge in [0.05, 0.1) is 17.7 Å². The number of hydrogen-bond donors (Lipinski definition) is 0. The second-order valence-electron chi connectivity index (χ2n) is 6.78. The topological polar surface area (TPSA) is 42.7 Å². The molecule has 0 unspecified atom stereocenters.